The summed E-state index contributed by atoms with van der Waals surface area (Å²) in [6.07, 6.45) is 0. The van der Waals surface area contributed by atoms with Gasteiger partial charge in [-0.25, -0.2) is 8.42 Å². The maximum Gasteiger partial charge on any atom is 0.264 e. The predicted octanol–water partition coefficient (Wildman–Crippen LogP) is 3.82. The molecule has 7 nitrogen and oxygen atoms in total. The fourth-order valence-corrected chi connectivity index (χ4v) is 4.79. The van der Waals surface area contributed by atoms with Crippen molar-refractivity contribution in [3.63, 3.8) is 0 Å². The van der Waals surface area contributed by atoms with Gasteiger partial charge in [0.1, 0.15) is 18.0 Å². The lowest BCUT2D eigenvalue weighted by molar-refractivity contribution is -0.119. The van der Waals surface area contributed by atoms with E-state index in [0.29, 0.717) is 18.0 Å². The summed E-state index contributed by atoms with van der Waals surface area (Å²) in [5.41, 5.74) is 1.37. The highest BCUT2D eigenvalue weighted by atomic mass is 32.2. The molecule has 0 bridgehead atoms. The third-order valence-corrected chi connectivity index (χ3v) is 7.04. The number of amides is 1. The summed E-state index contributed by atoms with van der Waals surface area (Å²) >= 11 is 0. The molecule has 3 rings (SSSR count). The monoisotopic (exact) mass is 468 g/mol. The fraction of sp³-hybridized carbons (Fsp3) is 0.240. The van der Waals surface area contributed by atoms with Gasteiger partial charge in [0.05, 0.1) is 24.8 Å². The second-order valence-electron chi connectivity index (χ2n) is 7.47. The smallest absolute Gasteiger partial charge is 0.264 e. The summed E-state index contributed by atoms with van der Waals surface area (Å²) in [5.74, 6) is 0.541. The second-order valence-corrected chi connectivity index (χ2v) is 9.34. The number of carbonyl (C=O) groups excluding carboxylic acids is 1. The average molecular weight is 469 g/mol. The topological polar surface area (TPSA) is 84.9 Å². The number of hydrogen-bond donors (Lipinski definition) is 1. The molecule has 1 atom stereocenters. The van der Waals surface area contributed by atoms with E-state index in [1.165, 1.54) is 26.4 Å². The average Bonchev–Trinajstić information content (AvgIpc) is 2.86. The molecule has 1 N–H and O–H groups in total. The summed E-state index contributed by atoms with van der Waals surface area (Å²) < 4.78 is 38.7. The van der Waals surface area contributed by atoms with Crippen LogP contribution in [0.15, 0.2) is 83.8 Å². The van der Waals surface area contributed by atoms with Crippen molar-refractivity contribution in [2.24, 2.45) is 0 Å². The van der Waals surface area contributed by atoms with Crippen LogP contribution in [-0.2, 0) is 14.8 Å². The Bertz CT molecular complexity index is 1160. The van der Waals surface area contributed by atoms with Crippen LogP contribution in [0, 0.1) is 0 Å². The lowest BCUT2D eigenvalue weighted by atomic mass is 10.0. The molecule has 0 aliphatic heterocycles. The van der Waals surface area contributed by atoms with Crippen LogP contribution in [0.25, 0.3) is 0 Å². The number of anilines is 1. The number of benzene rings is 3. The van der Waals surface area contributed by atoms with Crippen molar-refractivity contribution >= 4 is 21.6 Å². The van der Waals surface area contributed by atoms with Crippen molar-refractivity contribution in [3.05, 3.63) is 84.4 Å². The van der Waals surface area contributed by atoms with E-state index in [2.05, 4.69) is 5.32 Å². The van der Waals surface area contributed by atoms with Crippen LogP contribution in [0.5, 0.6) is 11.5 Å². The van der Waals surface area contributed by atoms with Gasteiger partial charge in [0, 0.05) is 6.54 Å². The summed E-state index contributed by atoms with van der Waals surface area (Å²) in [5, 5.41) is 2.85. The Hall–Kier alpha value is -3.52. The normalized spacial score (nSPS) is 12.0. The number of methoxy groups -OCH3 is 2. The summed E-state index contributed by atoms with van der Waals surface area (Å²) in [6.45, 7) is 1.99. The SMILES string of the molecule is COc1ccc(S(=O)(=O)N(CC(=O)NC[C@H](C)c2ccccc2)c2ccccc2OC)cc1. The predicted molar refractivity (Wildman–Crippen MR) is 128 cm³/mol. The van der Waals surface area contributed by atoms with Gasteiger partial charge in [-0.3, -0.25) is 9.10 Å². The first-order chi connectivity index (χ1) is 15.9. The molecular formula is C25H28N2O5S. The first-order valence-electron chi connectivity index (χ1n) is 10.5. The number of carbonyl (C=O) groups is 1. The minimum atomic E-state index is -4.06. The van der Waals surface area contributed by atoms with Crippen LogP contribution in [0.4, 0.5) is 5.69 Å². The zero-order valence-corrected chi connectivity index (χ0v) is 19.7. The molecule has 0 spiro atoms. The molecule has 0 radical (unpaired) electrons. The molecule has 0 aromatic heterocycles. The highest BCUT2D eigenvalue weighted by molar-refractivity contribution is 7.92. The Morgan fingerprint density at radius 2 is 1.55 bits per heavy atom. The maximum atomic E-state index is 13.5. The highest BCUT2D eigenvalue weighted by Crippen LogP contribution is 2.32. The van der Waals surface area contributed by atoms with Crippen molar-refractivity contribution in [3.8, 4) is 11.5 Å². The van der Waals surface area contributed by atoms with E-state index in [0.717, 1.165) is 9.87 Å². The number of sulfonamides is 1. The molecule has 3 aromatic carbocycles. The molecular weight excluding hydrogens is 440 g/mol. The van der Waals surface area contributed by atoms with Gasteiger partial charge < -0.3 is 14.8 Å². The van der Waals surface area contributed by atoms with Crippen molar-refractivity contribution in [1.29, 1.82) is 0 Å². The minimum Gasteiger partial charge on any atom is -0.497 e. The number of para-hydroxylation sites is 2. The second kappa shape index (κ2) is 10.9. The van der Waals surface area contributed by atoms with Crippen LogP contribution in [0.3, 0.4) is 0 Å². The van der Waals surface area contributed by atoms with Crippen LogP contribution >= 0.6 is 0 Å². The van der Waals surface area contributed by atoms with Crippen LogP contribution in [0.2, 0.25) is 0 Å². The van der Waals surface area contributed by atoms with Crippen molar-refractivity contribution in [1.82, 2.24) is 5.32 Å². The Kier molecular flexibility index (Phi) is 7.95. The molecule has 0 heterocycles. The largest absolute Gasteiger partial charge is 0.497 e. The van der Waals surface area contributed by atoms with Gasteiger partial charge in [-0.05, 0) is 47.9 Å². The first kappa shape index (κ1) is 24.1. The van der Waals surface area contributed by atoms with Gasteiger partial charge >= 0.3 is 0 Å². The van der Waals surface area contributed by atoms with Gasteiger partial charge in [-0.15, -0.1) is 0 Å². The first-order valence-corrected chi connectivity index (χ1v) is 11.9. The zero-order chi connectivity index (χ0) is 23.8. The van der Waals surface area contributed by atoms with Gasteiger partial charge in [-0.2, -0.15) is 0 Å². The molecule has 0 saturated heterocycles. The molecule has 0 aliphatic rings. The standard InChI is InChI=1S/C25H28N2O5S/c1-19(20-9-5-4-6-10-20)17-26-25(28)18-27(23-11-7-8-12-24(23)32-3)33(29,30)22-15-13-21(31-2)14-16-22/h4-16,19H,17-18H2,1-3H3,(H,26,28)/t19-/m0/s1. The van der Waals surface area contributed by atoms with Crippen LogP contribution in [0.1, 0.15) is 18.4 Å². The zero-order valence-electron chi connectivity index (χ0n) is 18.9. The molecule has 1 amide bonds. The van der Waals surface area contributed by atoms with Gasteiger partial charge in [0.2, 0.25) is 5.91 Å². The Morgan fingerprint density at radius 1 is 0.909 bits per heavy atom. The summed E-state index contributed by atoms with van der Waals surface area (Å²) in [6, 6.07) is 22.5. The molecule has 0 aliphatic carbocycles. The Balaban J connectivity index is 1.86. The van der Waals surface area contributed by atoms with E-state index >= 15 is 0 Å². The number of ether oxygens (including phenoxy) is 2. The van der Waals surface area contributed by atoms with E-state index in [9.17, 15) is 13.2 Å². The number of nitrogens with zero attached hydrogens (tertiary/aromatic N) is 1. The van der Waals surface area contributed by atoms with Crippen LogP contribution in [-0.4, -0.2) is 41.6 Å². The molecule has 3 aromatic rings. The highest BCUT2D eigenvalue weighted by Gasteiger charge is 2.29. The van der Waals surface area contributed by atoms with Crippen molar-refractivity contribution in [2.45, 2.75) is 17.7 Å². The van der Waals surface area contributed by atoms with Crippen LogP contribution < -0.4 is 19.1 Å². The van der Waals surface area contributed by atoms with E-state index in [1.807, 2.05) is 37.3 Å². The van der Waals surface area contributed by atoms with E-state index < -0.39 is 22.5 Å². The van der Waals surface area contributed by atoms with E-state index in [4.69, 9.17) is 9.47 Å². The van der Waals surface area contributed by atoms with E-state index in [-0.39, 0.29) is 16.5 Å². The number of nitrogens with one attached hydrogen (secondary N) is 1. The molecule has 33 heavy (non-hydrogen) atoms. The number of rotatable bonds is 10. The van der Waals surface area contributed by atoms with Crippen molar-refractivity contribution < 1.29 is 22.7 Å². The third-order valence-electron chi connectivity index (χ3n) is 5.26. The van der Waals surface area contributed by atoms with Gasteiger partial charge in [0.25, 0.3) is 10.0 Å². The Labute approximate surface area is 195 Å². The number of hydrogen-bond acceptors (Lipinski definition) is 5. The molecule has 8 heteroatoms. The molecule has 0 saturated carbocycles. The third kappa shape index (κ3) is 5.84. The lowest BCUT2D eigenvalue weighted by Gasteiger charge is -2.26. The summed E-state index contributed by atoms with van der Waals surface area (Å²) in [4.78, 5) is 12.9. The Morgan fingerprint density at radius 3 is 2.18 bits per heavy atom. The molecule has 174 valence electrons. The van der Waals surface area contributed by atoms with Gasteiger partial charge in [0.15, 0.2) is 0 Å². The summed E-state index contributed by atoms with van der Waals surface area (Å²) in [7, 11) is -1.10. The quantitative estimate of drug-likeness (QED) is 0.489. The lowest BCUT2D eigenvalue weighted by Crippen LogP contribution is -2.42. The fourth-order valence-electron chi connectivity index (χ4n) is 3.36. The maximum absolute atomic E-state index is 13.5. The van der Waals surface area contributed by atoms with E-state index in [1.54, 1.807) is 36.4 Å². The van der Waals surface area contributed by atoms with Gasteiger partial charge in [-0.1, -0.05) is 49.4 Å². The van der Waals surface area contributed by atoms with Crippen molar-refractivity contribution in [2.75, 3.05) is 31.6 Å². The molecule has 0 unspecified atom stereocenters. The molecule has 0 fully saturated rings. The minimum absolute atomic E-state index is 0.0414.